The molecule has 11 heteroatoms. The van der Waals surface area contributed by atoms with E-state index in [-0.39, 0.29) is 36.1 Å². The maximum atomic E-state index is 13.6. The van der Waals surface area contributed by atoms with Gasteiger partial charge in [-0.25, -0.2) is 4.79 Å². The Morgan fingerprint density at radius 2 is 1.79 bits per heavy atom. The van der Waals surface area contributed by atoms with E-state index in [0.29, 0.717) is 25.9 Å². The van der Waals surface area contributed by atoms with E-state index in [9.17, 15) is 22.8 Å². The third kappa shape index (κ3) is 7.47. The van der Waals surface area contributed by atoms with Crippen molar-refractivity contribution in [2.45, 2.75) is 31.5 Å². The van der Waals surface area contributed by atoms with Gasteiger partial charge in [-0.2, -0.15) is 13.2 Å². The maximum absolute atomic E-state index is 13.6. The van der Waals surface area contributed by atoms with Crippen molar-refractivity contribution >= 4 is 30.4 Å². The molecule has 2 aromatic carbocycles. The standard InChI is InChI=1S/C22H23F3N4O3.ClH/c23-22(24,25)18-12-16(6-7-17(18)15-8-10-27-11-9-15)19(30)28-20(26)29-21(31)32-13-14-4-2-1-3-5-14;/h1-7,12,15,27H,8-11,13H2,(H3,26,28,29,30,31);1H. The number of guanidine groups is 1. The van der Waals surface area contributed by atoms with Crippen LogP contribution in [0.4, 0.5) is 18.0 Å². The fraction of sp³-hybridized carbons (Fsp3) is 0.318. The van der Waals surface area contributed by atoms with Crippen LogP contribution in [0.25, 0.3) is 0 Å². The second kappa shape index (κ2) is 11.7. The molecule has 0 saturated carbocycles. The van der Waals surface area contributed by atoms with Crippen molar-refractivity contribution in [2.75, 3.05) is 13.1 Å². The molecule has 7 nitrogen and oxygen atoms in total. The molecular weight excluding hydrogens is 461 g/mol. The number of ether oxygens (including phenoxy) is 1. The van der Waals surface area contributed by atoms with Gasteiger partial charge in [0.15, 0.2) is 0 Å². The summed E-state index contributed by atoms with van der Waals surface area (Å²) in [5, 5.41) is 5.23. The van der Waals surface area contributed by atoms with Crippen LogP contribution in [0.1, 0.15) is 45.8 Å². The number of hydrogen-bond donors (Lipinski definition) is 3. The van der Waals surface area contributed by atoms with Crippen LogP contribution in [0.3, 0.4) is 0 Å². The van der Waals surface area contributed by atoms with Crippen LogP contribution in [0.15, 0.2) is 53.5 Å². The van der Waals surface area contributed by atoms with E-state index in [1.807, 2.05) is 0 Å². The lowest BCUT2D eigenvalue weighted by Crippen LogP contribution is -2.37. The fourth-order valence-corrected chi connectivity index (χ4v) is 3.50. The van der Waals surface area contributed by atoms with E-state index >= 15 is 0 Å². The number of alkyl halides is 3. The first-order valence-corrected chi connectivity index (χ1v) is 10.0. The average molecular weight is 485 g/mol. The first kappa shape index (κ1) is 26.1. The third-order valence-electron chi connectivity index (χ3n) is 5.06. The quantitative estimate of drug-likeness (QED) is 0.449. The molecule has 0 radical (unpaired) electrons. The Hall–Kier alpha value is -3.11. The number of hydrogen-bond acceptors (Lipinski definition) is 4. The second-order valence-electron chi connectivity index (χ2n) is 7.32. The molecule has 2 amide bonds. The minimum Gasteiger partial charge on any atom is -0.443 e. The van der Waals surface area contributed by atoms with Crippen molar-refractivity contribution in [3.05, 3.63) is 70.8 Å². The zero-order valence-electron chi connectivity index (χ0n) is 17.5. The van der Waals surface area contributed by atoms with Gasteiger partial charge in [0.2, 0.25) is 5.96 Å². The molecule has 0 bridgehead atoms. The van der Waals surface area contributed by atoms with Gasteiger partial charge in [0, 0.05) is 5.56 Å². The molecule has 0 aliphatic carbocycles. The first-order chi connectivity index (χ1) is 15.2. The number of carbonyl (C=O) groups is 2. The second-order valence-corrected chi connectivity index (χ2v) is 7.32. The number of halogens is 4. The summed E-state index contributed by atoms with van der Waals surface area (Å²) in [4.78, 5) is 27.5. The minimum atomic E-state index is -4.61. The molecule has 0 atom stereocenters. The number of benzene rings is 2. The van der Waals surface area contributed by atoms with Crippen LogP contribution in [0, 0.1) is 0 Å². The zero-order valence-corrected chi connectivity index (χ0v) is 18.3. The molecule has 178 valence electrons. The monoisotopic (exact) mass is 484 g/mol. The highest BCUT2D eigenvalue weighted by molar-refractivity contribution is 6.07. The smallest absolute Gasteiger partial charge is 0.437 e. The van der Waals surface area contributed by atoms with Crippen LogP contribution in [-0.2, 0) is 17.5 Å². The lowest BCUT2D eigenvalue weighted by Gasteiger charge is -2.26. The molecule has 4 N–H and O–H groups in total. The van der Waals surface area contributed by atoms with Gasteiger partial charge in [-0.15, -0.1) is 17.4 Å². The van der Waals surface area contributed by atoms with E-state index < -0.39 is 29.7 Å². The number of carbonyl (C=O) groups excluding carboxylic acids is 2. The molecule has 0 spiro atoms. The Kier molecular flexibility index (Phi) is 9.24. The van der Waals surface area contributed by atoms with Crippen molar-refractivity contribution in [3.8, 4) is 0 Å². The van der Waals surface area contributed by atoms with Crippen LogP contribution in [0.2, 0.25) is 0 Å². The molecule has 0 unspecified atom stereocenters. The van der Waals surface area contributed by atoms with Crippen LogP contribution >= 0.6 is 12.4 Å². The number of aliphatic imine (C=N–C) groups is 1. The summed E-state index contributed by atoms with van der Waals surface area (Å²) in [7, 11) is 0. The predicted molar refractivity (Wildman–Crippen MR) is 119 cm³/mol. The summed E-state index contributed by atoms with van der Waals surface area (Å²) in [5.74, 6) is -1.73. The third-order valence-corrected chi connectivity index (χ3v) is 5.06. The largest absolute Gasteiger partial charge is 0.443 e. The summed E-state index contributed by atoms with van der Waals surface area (Å²) in [6, 6.07) is 12.3. The molecule has 2 aromatic rings. The van der Waals surface area contributed by atoms with Gasteiger partial charge in [-0.1, -0.05) is 36.4 Å². The number of nitrogens with one attached hydrogen (secondary N) is 2. The van der Waals surface area contributed by atoms with Gasteiger partial charge in [0.25, 0.3) is 5.91 Å². The molecule has 1 heterocycles. The van der Waals surface area contributed by atoms with Crippen LogP contribution in [-0.4, -0.2) is 31.0 Å². The molecule has 1 saturated heterocycles. The summed E-state index contributed by atoms with van der Waals surface area (Å²) in [6.07, 6.45) is -4.49. The Labute approximate surface area is 195 Å². The molecule has 0 aromatic heterocycles. The topological polar surface area (TPSA) is 106 Å². The van der Waals surface area contributed by atoms with Gasteiger partial charge in [0.1, 0.15) is 6.61 Å². The Morgan fingerprint density at radius 3 is 2.42 bits per heavy atom. The summed E-state index contributed by atoms with van der Waals surface area (Å²) in [5.41, 5.74) is 5.34. The van der Waals surface area contributed by atoms with E-state index in [2.05, 4.69) is 15.6 Å². The lowest BCUT2D eigenvalue weighted by atomic mass is 9.86. The first-order valence-electron chi connectivity index (χ1n) is 10.0. The fourth-order valence-electron chi connectivity index (χ4n) is 3.50. The van der Waals surface area contributed by atoms with E-state index in [1.165, 1.54) is 12.1 Å². The summed E-state index contributed by atoms with van der Waals surface area (Å²) < 4.78 is 45.9. The SMILES string of the molecule is Cl.N/C(=N/C(=O)OCc1ccccc1)NC(=O)c1ccc(C2CCNCC2)c(C(F)(F)F)c1. The van der Waals surface area contributed by atoms with Crippen molar-refractivity contribution in [1.82, 2.24) is 10.6 Å². The zero-order chi connectivity index (χ0) is 23.1. The van der Waals surface area contributed by atoms with E-state index in [4.69, 9.17) is 10.5 Å². The maximum Gasteiger partial charge on any atom is 0.437 e. The summed E-state index contributed by atoms with van der Waals surface area (Å²) >= 11 is 0. The molecule has 1 fully saturated rings. The van der Waals surface area contributed by atoms with E-state index in [0.717, 1.165) is 11.6 Å². The van der Waals surface area contributed by atoms with Gasteiger partial charge in [-0.3, -0.25) is 10.1 Å². The normalized spacial score (nSPS) is 14.8. The minimum absolute atomic E-state index is 0. The Balaban J connectivity index is 0.00000385. The molecule has 33 heavy (non-hydrogen) atoms. The van der Waals surface area contributed by atoms with Crippen LogP contribution in [0.5, 0.6) is 0 Å². The van der Waals surface area contributed by atoms with Gasteiger partial charge >= 0.3 is 12.3 Å². The molecule has 3 rings (SSSR count). The van der Waals surface area contributed by atoms with Crippen molar-refractivity contribution in [1.29, 1.82) is 0 Å². The van der Waals surface area contributed by atoms with E-state index in [1.54, 1.807) is 30.3 Å². The summed E-state index contributed by atoms with van der Waals surface area (Å²) in [6.45, 7) is 1.23. The highest BCUT2D eigenvalue weighted by Crippen LogP contribution is 2.38. The number of rotatable bonds is 4. The molecular formula is C22H24ClF3N4O3. The highest BCUT2D eigenvalue weighted by Gasteiger charge is 2.36. The van der Waals surface area contributed by atoms with Crippen molar-refractivity contribution in [2.24, 2.45) is 10.7 Å². The van der Waals surface area contributed by atoms with Gasteiger partial charge in [-0.05, 0) is 55.1 Å². The number of amides is 2. The molecule has 1 aliphatic heterocycles. The average Bonchev–Trinajstić information content (AvgIpc) is 2.78. The Bertz CT molecular complexity index is 994. The van der Waals surface area contributed by atoms with Gasteiger partial charge < -0.3 is 15.8 Å². The molecule has 1 aliphatic rings. The number of nitrogens with zero attached hydrogens (tertiary/aromatic N) is 1. The van der Waals surface area contributed by atoms with Crippen molar-refractivity contribution < 1.29 is 27.5 Å². The predicted octanol–water partition coefficient (Wildman–Crippen LogP) is 3.98. The number of piperidine rings is 1. The van der Waals surface area contributed by atoms with Gasteiger partial charge in [0.05, 0.1) is 5.56 Å². The van der Waals surface area contributed by atoms with Crippen molar-refractivity contribution in [3.63, 3.8) is 0 Å². The highest BCUT2D eigenvalue weighted by atomic mass is 35.5. The lowest BCUT2D eigenvalue weighted by molar-refractivity contribution is -0.138. The Morgan fingerprint density at radius 1 is 1.12 bits per heavy atom. The number of nitrogens with two attached hydrogens (primary N) is 1. The van der Waals surface area contributed by atoms with Crippen LogP contribution < -0.4 is 16.4 Å².